The maximum Gasteiger partial charge on any atom is 0.261 e. The Kier molecular flexibility index (Phi) is 11.9. The van der Waals surface area contributed by atoms with Gasteiger partial charge in [-0.3, -0.25) is 14.9 Å². The van der Waals surface area contributed by atoms with E-state index in [4.69, 9.17) is 31.3 Å². The summed E-state index contributed by atoms with van der Waals surface area (Å²) in [6.07, 6.45) is 4.28. The summed E-state index contributed by atoms with van der Waals surface area (Å²) < 4.78 is 70.9. The molecule has 2 aromatic carbocycles. The highest BCUT2D eigenvalue weighted by atomic mass is 35.5. The first-order valence-corrected chi connectivity index (χ1v) is 14.1. The molecule has 0 aliphatic carbocycles. The summed E-state index contributed by atoms with van der Waals surface area (Å²) in [7, 11) is -5.67. The van der Waals surface area contributed by atoms with Crippen molar-refractivity contribution in [3.63, 3.8) is 0 Å². The third kappa shape index (κ3) is 12.6. The lowest BCUT2D eigenvalue weighted by atomic mass is 9.81. The SMILES string of the molecule is COc1ccc(Cl)cc1C[C@H]1CCCN(N)[C@H]1c1cccc(F)c1.CS(=O)(=O)O.CS(=O)(=O)O. The summed E-state index contributed by atoms with van der Waals surface area (Å²) in [5.41, 5.74) is 1.98. The number of nitrogens with two attached hydrogens (primary N) is 1. The molecule has 1 saturated heterocycles. The second-order valence-corrected chi connectivity index (χ2v) is 11.1. The van der Waals surface area contributed by atoms with Crippen molar-refractivity contribution in [2.75, 3.05) is 26.2 Å². The molecular formula is C21H30ClFN2O7S2. The molecule has 1 aliphatic heterocycles. The summed E-state index contributed by atoms with van der Waals surface area (Å²) >= 11 is 6.15. The Balaban J connectivity index is 0.000000489. The largest absolute Gasteiger partial charge is 0.496 e. The number of ether oxygens (including phenoxy) is 1. The van der Waals surface area contributed by atoms with Gasteiger partial charge in [-0.2, -0.15) is 16.8 Å². The van der Waals surface area contributed by atoms with Crippen LogP contribution in [0.4, 0.5) is 4.39 Å². The first kappa shape index (κ1) is 30.2. The van der Waals surface area contributed by atoms with Gasteiger partial charge in [0.05, 0.1) is 25.7 Å². The molecule has 0 unspecified atom stereocenters. The van der Waals surface area contributed by atoms with Gasteiger partial charge in [-0.25, -0.2) is 9.40 Å². The molecule has 34 heavy (non-hydrogen) atoms. The Labute approximate surface area is 205 Å². The van der Waals surface area contributed by atoms with Crippen LogP contribution in [0.15, 0.2) is 42.5 Å². The van der Waals surface area contributed by atoms with Gasteiger partial charge in [0.1, 0.15) is 11.6 Å². The van der Waals surface area contributed by atoms with E-state index in [0.717, 1.165) is 42.7 Å². The molecule has 0 bridgehead atoms. The quantitative estimate of drug-likeness (QED) is 0.392. The van der Waals surface area contributed by atoms with E-state index in [0.29, 0.717) is 17.5 Å². The standard InChI is InChI=1S/C19H22ClFN2O.2CH4O3S/c1-24-18-8-7-16(20)11-15(18)10-13-5-3-9-23(22)19(13)14-4-2-6-17(21)12-14;2*1-5(2,3)4/h2,4,6-8,11-13,19H,3,5,9-10,22H2,1H3;2*1H3,(H,2,3,4)/t13-,19-;;/m1../s1. The van der Waals surface area contributed by atoms with Gasteiger partial charge in [0, 0.05) is 11.6 Å². The molecule has 0 saturated carbocycles. The van der Waals surface area contributed by atoms with E-state index in [-0.39, 0.29) is 17.8 Å². The molecule has 0 amide bonds. The highest BCUT2D eigenvalue weighted by Crippen LogP contribution is 2.38. The lowest BCUT2D eigenvalue weighted by molar-refractivity contribution is 0.0920. The lowest BCUT2D eigenvalue weighted by Crippen LogP contribution is -2.44. The number of piperidine rings is 1. The first-order valence-electron chi connectivity index (χ1n) is 10.0. The smallest absolute Gasteiger partial charge is 0.261 e. The summed E-state index contributed by atoms with van der Waals surface area (Å²) in [6, 6.07) is 12.4. The molecule has 192 valence electrons. The van der Waals surface area contributed by atoms with E-state index in [1.54, 1.807) is 19.2 Å². The van der Waals surface area contributed by atoms with E-state index in [9.17, 15) is 21.2 Å². The minimum Gasteiger partial charge on any atom is -0.496 e. The fourth-order valence-corrected chi connectivity index (χ4v) is 3.86. The molecule has 1 heterocycles. The number of nitrogens with zero attached hydrogens (tertiary/aromatic N) is 1. The van der Waals surface area contributed by atoms with Crippen molar-refractivity contribution in [1.82, 2.24) is 5.01 Å². The van der Waals surface area contributed by atoms with Crippen molar-refractivity contribution >= 4 is 31.8 Å². The predicted molar refractivity (Wildman–Crippen MR) is 129 cm³/mol. The van der Waals surface area contributed by atoms with Crippen LogP contribution in [0.3, 0.4) is 0 Å². The average Bonchev–Trinajstić information content (AvgIpc) is 2.66. The molecule has 1 aliphatic rings. The van der Waals surface area contributed by atoms with Crippen LogP contribution < -0.4 is 10.6 Å². The zero-order chi connectivity index (χ0) is 26.1. The first-order chi connectivity index (χ1) is 15.6. The number of hydrazine groups is 1. The van der Waals surface area contributed by atoms with Crippen LogP contribution in [-0.2, 0) is 26.7 Å². The van der Waals surface area contributed by atoms with E-state index >= 15 is 0 Å². The zero-order valence-corrected chi connectivity index (χ0v) is 21.4. The van der Waals surface area contributed by atoms with E-state index in [1.165, 1.54) is 6.07 Å². The van der Waals surface area contributed by atoms with Gasteiger partial charge < -0.3 is 4.74 Å². The third-order valence-electron chi connectivity index (χ3n) is 4.71. The van der Waals surface area contributed by atoms with Crippen LogP contribution in [0.5, 0.6) is 5.75 Å². The zero-order valence-electron chi connectivity index (χ0n) is 19.1. The molecule has 0 spiro atoms. The van der Waals surface area contributed by atoms with Gasteiger partial charge >= 0.3 is 0 Å². The molecule has 2 aromatic rings. The number of hydrogen-bond donors (Lipinski definition) is 3. The normalized spacial score (nSPS) is 18.7. The van der Waals surface area contributed by atoms with Gasteiger partial charge in [-0.1, -0.05) is 23.7 Å². The summed E-state index contributed by atoms with van der Waals surface area (Å²) in [5.74, 6) is 7.13. The van der Waals surface area contributed by atoms with Crippen molar-refractivity contribution in [3.05, 3.63) is 64.4 Å². The van der Waals surface area contributed by atoms with Crippen LogP contribution in [0.25, 0.3) is 0 Å². The van der Waals surface area contributed by atoms with Crippen LogP contribution in [0.2, 0.25) is 5.02 Å². The molecule has 4 N–H and O–H groups in total. The topological polar surface area (TPSA) is 147 Å². The highest BCUT2D eigenvalue weighted by molar-refractivity contribution is 7.85. The maximum absolute atomic E-state index is 13.7. The average molecular weight is 541 g/mol. The van der Waals surface area contributed by atoms with Crippen LogP contribution in [0, 0.1) is 11.7 Å². The lowest BCUT2D eigenvalue weighted by Gasteiger charge is -2.39. The summed E-state index contributed by atoms with van der Waals surface area (Å²) in [4.78, 5) is 0. The molecular weight excluding hydrogens is 511 g/mol. The molecule has 13 heteroatoms. The van der Waals surface area contributed by atoms with Gasteiger partial charge in [0.15, 0.2) is 0 Å². The number of halogens is 2. The Morgan fingerprint density at radius 3 is 2.24 bits per heavy atom. The summed E-state index contributed by atoms with van der Waals surface area (Å²) in [5, 5.41) is 2.52. The predicted octanol–water partition coefficient (Wildman–Crippen LogP) is 3.37. The molecule has 3 rings (SSSR count). The molecule has 2 atom stereocenters. The van der Waals surface area contributed by atoms with Gasteiger partial charge in [0.2, 0.25) is 0 Å². The fourth-order valence-electron chi connectivity index (χ4n) is 3.66. The van der Waals surface area contributed by atoms with Gasteiger partial charge in [-0.05, 0) is 66.6 Å². The van der Waals surface area contributed by atoms with Crippen LogP contribution in [-0.4, -0.2) is 57.1 Å². The number of rotatable bonds is 4. The minimum atomic E-state index is -3.67. The van der Waals surface area contributed by atoms with Crippen molar-refractivity contribution in [2.45, 2.75) is 25.3 Å². The van der Waals surface area contributed by atoms with Crippen LogP contribution >= 0.6 is 11.6 Å². The second-order valence-electron chi connectivity index (χ2n) is 7.77. The Morgan fingerprint density at radius 2 is 1.71 bits per heavy atom. The van der Waals surface area contributed by atoms with Gasteiger partial charge in [-0.15, -0.1) is 0 Å². The number of benzene rings is 2. The number of hydrogen-bond acceptors (Lipinski definition) is 7. The van der Waals surface area contributed by atoms with Gasteiger partial charge in [0.25, 0.3) is 20.2 Å². The van der Waals surface area contributed by atoms with E-state index < -0.39 is 20.2 Å². The molecule has 0 aromatic heterocycles. The number of methoxy groups -OCH3 is 1. The van der Waals surface area contributed by atoms with E-state index in [2.05, 4.69) is 0 Å². The van der Waals surface area contributed by atoms with Crippen LogP contribution in [0.1, 0.15) is 30.0 Å². The summed E-state index contributed by atoms with van der Waals surface area (Å²) in [6.45, 7) is 0.810. The van der Waals surface area contributed by atoms with Crippen molar-refractivity contribution in [1.29, 1.82) is 0 Å². The second kappa shape index (κ2) is 13.3. The van der Waals surface area contributed by atoms with Crippen molar-refractivity contribution in [3.8, 4) is 5.75 Å². The maximum atomic E-state index is 13.7. The van der Waals surface area contributed by atoms with Crippen molar-refractivity contribution in [2.24, 2.45) is 11.8 Å². The Morgan fingerprint density at radius 1 is 1.12 bits per heavy atom. The Hall–Kier alpha value is -1.80. The molecule has 1 fully saturated rings. The molecule has 9 nitrogen and oxygen atoms in total. The Bertz CT molecular complexity index is 1100. The highest BCUT2D eigenvalue weighted by Gasteiger charge is 2.32. The minimum absolute atomic E-state index is 0.0156. The monoisotopic (exact) mass is 540 g/mol. The van der Waals surface area contributed by atoms with E-state index in [1.807, 2.05) is 29.3 Å². The van der Waals surface area contributed by atoms with Crippen molar-refractivity contribution < 1.29 is 35.1 Å². The fraction of sp³-hybridized carbons (Fsp3) is 0.429. The third-order valence-corrected chi connectivity index (χ3v) is 4.94. The molecule has 0 radical (unpaired) electrons.